The van der Waals surface area contributed by atoms with E-state index < -0.39 is 5.82 Å². The Balaban J connectivity index is 1.55. The van der Waals surface area contributed by atoms with Gasteiger partial charge in [-0.3, -0.25) is 4.79 Å². The van der Waals surface area contributed by atoms with Gasteiger partial charge in [-0.05, 0) is 56.0 Å². The first-order chi connectivity index (χ1) is 14.5. The Bertz CT molecular complexity index is 1130. The molecule has 2 N–H and O–H groups in total. The molecule has 30 heavy (non-hydrogen) atoms. The van der Waals surface area contributed by atoms with Gasteiger partial charge in [0.15, 0.2) is 5.82 Å². The molecule has 1 saturated carbocycles. The number of hydrogen-bond donors (Lipinski definition) is 2. The van der Waals surface area contributed by atoms with E-state index in [0.29, 0.717) is 17.9 Å². The molecule has 1 atom stereocenters. The Morgan fingerprint density at radius 3 is 2.80 bits per heavy atom. The lowest BCUT2D eigenvalue weighted by Crippen LogP contribution is -2.38. The van der Waals surface area contributed by atoms with Crippen LogP contribution in [0.4, 0.5) is 10.2 Å². The van der Waals surface area contributed by atoms with E-state index in [2.05, 4.69) is 20.2 Å². The molecule has 1 saturated heterocycles. The number of carbonyl (C=O) groups is 1. The highest BCUT2D eigenvalue weighted by molar-refractivity contribution is 5.92. The lowest BCUT2D eigenvalue weighted by Gasteiger charge is -2.21. The zero-order chi connectivity index (χ0) is 20.8. The van der Waals surface area contributed by atoms with Crippen molar-refractivity contribution in [2.75, 3.05) is 18.0 Å². The number of phenolic OH excluding ortho intramolecular Hbond substituents is 1. The topological polar surface area (TPSA) is 78.4 Å². The largest absolute Gasteiger partial charge is 0.507 e. The van der Waals surface area contributed by atoms with Crippen molar-refractivity contribution in [3.8, 4) is 17.1 Å². The van der Waals surface area contributed by atoms with Gasteiger partial charge in [-0.2, -0.15) is 0 Å². The fourth-order valence-corrected chi connectivity index (χ4v) is 4.04. The van der Waals surface area contributed by atoms with Gasteiger partial charge < -0.3 is 15.3 Å². The summed E-state index contributed by atoms with van der Waals surface area (Å²) in [7, 11) is 0. The standard InChI is InChI=1S/C23H23FN4O2/c1-13-5-8-16-18(11-13)26-21(20-17(24)3-2-4-19(20)29)27-22(16)28-10-9-15(12-28)25-23(30)14-6-7-14/h2-5,8,11,14-15,29H,6-7,9-10,12H2,1H3,(H,25,30). The van der Waals surface area contributed by atoms with Gasteiger partial charge in [-0.1, -0.05) is 12.1 Å². The number of anilines is 1. The minimum atomic E-state index is -0.566. The molecule has 1 unspecified atom stereocenters. The number of aromatic nitrogens is 2. The van der Waals surface area contributed by atoms with Gasteiger partial charge in [0.1, 0.15) is 17.4 Å². The second-order valence-corrected chi connectivity index (χ2v) is 8.24. The number of benzene rings is 2. The van der Waals surface area contributed by atoms with Gasteiger partial charge in [0.05, 0.1) is 11.1 Å². The monoisotopic (exact) mass is 406 g/mol. The molecule has 2 fully saturated rings. The molecule has 1 aliphatic carbocycles. The number of phenols is 1. The maximum absolute atomic E-state index is 14.5. The molecule has 2 heterocycles. The van der Waals surface area contributed by atoms with E-state index in [4.69, 9.17) is 0 Å². The number of hydrogen-bond acceptors (Lipinski definition) is 5. The maximum atomic E-state index is 14.5. The van der Waals surface area contributed by atoms with Gasteiger partial charge in [0, 0.05) is 30.4 Å². The molecule has 0 radical (unpaired) electrons. The number of aryl methyl sites for hydroxylation is 1. The number of nitrogens with zero attached hydrogens (tertiary/aromatic N) is 3. The van der Waals surface area contributed by atoms with E-state index in [0.717, 1.165) is 36.8 Å². The summed E-state index contributed by atoms with van der Waals surface area (Å²) in [6, 6.07) is 10.1. The zero-order valence-electron chi connectivity index (χ0n) is 16.7. The van der Waals surface area contributed by atoms with Crippen LogP contribution >= 0.6 is 0 Å². The van der Waals surface area contributed by atoms with Crippen molar-refractivity contribution >= 4 is 22.6 Å². The second kappa shape index (κ2) is 7.23. The number of halogens is 1. The summed E-state index contributed by atoms with van der Waals surface area (Å²) in [5.41, 5.74) is 1.73. The number of aromatic hydroxyl groups is 1. The van der Waals surface area contributed by atoms with Crippen LogP contribution < -0.4 is 10.2 Å². The van der Waals surface area contributed by atoms with Crippen molar-refractivity contribution in [1.82, 2.24) is 15.3 Å². The molecule has 1 aromatic heterocycles. The van der Waals surface area contributed by atoms with Crippen LogP contribution in [0.15, 0.2) is 36.4 Å². The number of rotatable bonds is 4. The Labute approximate surface area is 173 Å². The van der Waals surface area contributed by atoms with Gasteiger partial charge >= 0.3 is 0 Å². The summed E-state index contributed by atoms with van der Waals surface area (Å²) < 4.78 is 14.5. The van der Waals surface area contributed by atoms with Crippen molar-refractivity contribution in [3.63, 3.8) is 0 Å². The van der Waals surface area contributed by atoms with Gasteiger partial charge in [0.25, 0.3) is 0 Å². The van der Waals surface area contributed by atoms with Crippen molar-refractivity contribution < 1.29 is 14.3 Å². The fourth-order valence-electron chi connectivity index (χ4n) is 4.04. The first-order valence-electron chi connectivity index (χ1n) is 10.3. The number of nitrogens with one attached hydrogen (secondary N) is 1. The molecule has 7 heteroatoms. The average molecular weight is 406 g/mol. The van der Waals surface area contributed by atoms with Gasteiger partial charge in [0.2, 0.25) is 5.91 Å². The minimum Gasteiger partial charge on any atom is -0.507 e. The molecule has 6 nitrogen and oxygen atoms in total. The smallest absolute Gasteiger partial charge is 0.223 e. The molecule has 154 valence electrons. The van der Waals surface area contributed by atoms with E-state index in [1.165, 1.54) is 18.2 Å². The highest BCUT2D eigenvalue weighted by Gasteiger charge is 2.33. The van der Waals surface area contributed by atoms with E-state index in [9.17, 15) is 14.3 Å². The summed E-state index contributed by atoms with van der Waals surface area (Å²) in [6.07, 6.45) is 2.79. The summed E-state index contributed by atoms with van der Waals surface area (Å²) in [4.78, 5) is 23.5. The molecular formula is C23H23FN4O2. The van der Waals surface area contributed by atoms with Gasteiger partial charge in [-0.25, -0.2) is 14.4 Å². The van der Waals surface area contributed by atoms with E-state index in [1.54, 1.807) is 0 Å². The van der Waals surface area contributed by atoms with Crippen LogP contribution in [0.5, 0.6) is 5.75 Å². The first-order valence-corrected chi connectivity index (χ1v) is 10.3. The summed E-state index contributed by atoms with van der Waals surface area (Å²) >= 11 is 0. The number of amides is 1. The third-order valence-electron chi connectivity index (χ3n) is 5.83. The van der Waals surface area contributed by atoms with Crippen LogP contribution in [0.25, 0.3) is 22.3 Å². The lowest BCUT2D eigenvalue weighted by atomic mass is 10.1. The second-order valence-electron chi connectivity index (χ2n) is 8.24. The van der Waals surface area contributed by atoms with Crippen LogP contribution in [0, 0.1) is 18.7 Å². The Morgan fingerprint density at radius 2 is 2.03 bits per heavy atom. The highest BCUT2D eigenvalue weighted by atomic mass is 19.1. The molecule has 2 aliphatic rings. The Morgan fingerprint density at radius 1 is 1.20 bits per heavy atom. The average Bonchev–Trinajstić information content (AvgIpc) is 3.47. The SMILES string of the molecule is Cc1ccc2c(N3CCC(NC(=O)C4CC4)C3)nc(-c3c(O)cccc3F)nc2c1. The van der Waals surface area contributed by atoms with E-state index in [-0.39, 0.29) is 35.0 Å². The normalized spacial score (nSPS) is 18.7. The number of carbonyl (C=O) groups excluding carboxylic acids is 1. The third-order valence-corrected chi connectivity index (χ3v) is 5.83. The van der Waals surface area contributed by atoms with Crippen LogP contribution in [-0.2, 0) is 4.79 Å². The lowest BCUT2D eigenvalue weighted by molar-refractivity contribution is -0.122. The molecule has 3 aromatic rings. The summed E-state index contributed by atoms with van der Waals surface area (Å²) in [5, 5.41) is 14.3. The van der Waals surface area contributed by atoms with Crippen molar-refractivity contribution in [2.24, 2.45) is 5.92 Å². The molecule has 5 rings (SSSR count). The van der Waals surface area contributed by atoms with E-state index >= 15 is 0 Å². The molecule has 0 spiro atoms. The quantitative estimate of drug-likeness (QED) is 0.693. The number of fused-ring (bicyclic) bond motifs is 1. The predicted molar refractivity (Wildman–Crippen MR) is 113 cm³/mol. The minimum absolute atomic E-state index is 0.0000563. The van der Waals surface area contributed by atoms with Crippen LogP contribution in [0.1, 0.15) is 24.8 Å². The summed E-state index contributed by atoms with van der Waals surface area (Å²) in [6.45, 7) is 3.35. The molecule has 0 bridgehead atoms. The van der Waals surface area contributed by atoms with Crippen molar-refractivity contribution in [2.45, 2.75) is 32.2 Å². The van der Waals surface area contributed by atoms with Crippen LogP contribution in [-0.4, -0.2) is 40.1 Å². The zero-order valence-corrected chi connectivity index (χ0v) is 16.7. The summed E-state index contributed by atoms with van der Waals surface area (Å²) in [5.74, 6) is 0.414. The van der Waals surface area contributed by atoms with Crippen LogP contribution in [0.2, 0.25) is 0 Å². The molecule has 2 aromatic carbocycles. The van der Waals surface area contributed by atoms with Crippen molar-refractivity contribution in [1.29, 1.82) is 0 Å². The van der Waals surface area contributed by atoms with Crippen LogP contribution in [0.3, 0.4) is 0 Å². The molecular weight excluding hydrogens is 383 g/mol. The highest BCUT2D eigenvalue weighted by Crippen LogP contribution is 2.35. The van der Waals surface area contributed by atoms with E-state index in [1.807, 2.05) is 25.1 Å². The third kappa shape index (κ3) is 3.44. The van der Waals surface area contributed by atoms with Gasteiger partial charge in [-0.15, -0.1) is 0 Å². The Kier molecular flexibility index (Phi) is 4.53. The fraction of sp³-hybridized carbons (Fsp3) is 0.348. The maximum Gasteiger partial charge on any atom is 0.223 e. The predicted octanol–water partition coefficient (Wildman–Crippen LogP) is 3.55. The Hall–Kier alpha value is -3.22. The van der Waals surface area contributed by atoms with Crippen molar-refractivity contribution in [3.05, 3.63) is 47.8 Å². The first kappa shape index (κ1) is 18.8. The molecule has 1 aliphatic heterocycles. The molecule has 1 amide bonds.